The van der Waals surface area contributed by atoms with Crippen molar-refractivity contribution in [2.45, 2.75) is 39.0 Å². The summed E-state index contributed by atoms with van der Waals surface area (Å²) in [5.74, 6) is 0.818. The molecule has 2 amide bonds. The number of carbonyl (C=O) groups is 2. The Morgan fingerprint density at radius 2 is 1.87 bits per heavy atom. The highest BCUT2D eigenvalue weighted by molar-refractivity contribution is 6.10. The lowest BCUT2D eigenvalue weighted by atomic mass is 9.77. The van der Waals surface area contributed by atoms with E-state index in [9.17, 15) is 9.59 Å². The van der Waals surface area contributed by atoms with Gasteiger partial charge in [0.2, 0.25) is 11.8 Å². The van der Waals surface area contributed by atoms with Crippen LogP contribution in [0.1, 0.15) is 50.2 Å². The molecule has 1 aliphatic carbocycles. The fourth-order valence-corrected chi connectivity index (χ4v) is 4.09. The minimum Gasteiger partial charge on any atom is -0.326 e. The van der Waals surface area contributed by atoms with Crippen molar-refractivity contribution < 1.29 is 9.59 Å². The van der Waals surface area contributed by atoms with Gasteiger partial charge >= 0.3 is 0 Å². The van der Waals surface area contributed by atoms with Crippen molar-refractivity contribution in [2.75, 3.05) is 5.32 Å². The Hall–Kier alpha value is -2.17. The Bertz CT molecular complexity index is 725. The minimum atomic E-state index is 0.0319. The van der Waals surface area contributed by atoms with E-state index in [1.807, 2.05) is 12.1 Å². The molecule has 1 aromatic rings. The lowest BCUT2D eigenvalue weighted by Gasteiger charge is -2.32. The molecule has 2 heterocycles. The van der Waals surface area contributed by atoms with E-state index in [2.05, 4.69) is 35.8 Å². The topological polar surface area (TPSA) is 70.6 Å². The summed E-state index contributed by atoms with van der Waals surface area (Å²) in [5.41, 5.74) is 6.81. The Morgan fingerprint density at radius 1 is 1.09 bits per heavy atom. The molecule has 23 heavy (non-hydrogen) atoms. The van der Waals surface area contributed by atoms with Crippen LogP contribution in [0.3, 0.4) is 0 Å². The summed E-state index contributed by atoms with van der Waals surface area (Å²) in [4.78, 5) is 23.9. The molecule has 1 fully saturated rings. The molecule has 0 bridgehead atoms. The Labute approximate surface area is 135 Å². The molecule has 5 heteroatoms. The normalized spacial score (nSPS) is 31.5. The molecular weight excluding hydrogens is 290 g/mol. The molecule has 4 unspecified atom stereocenters. The van der Waals surface area contributed by atoms with Crippen molar-refractivity contribution in [3.63, 3.8) is 0 Å². The molecule has 120 valence electrons. The van der Waals surface area contributed by atoms with Crippen molar-refractivity contribution >= 4 is 23.2 Å². The zero-order valence-corrected chi connectivity index (χ0v) is 13.4. The first-order valence-corrected chi connectivity index (χ1v) is 8.46. The molecule has 2 N–H and O–H groups in total. The average Bonchev–Trinajstić information content (AvgIpc) is 3.35. The molecular formula is C18H21N3O2. The largest absolute Gasteiger partial charge is 0.326 e. The van der Waals surface area contributed by atoms with E-state index in [0.29, 0.717) is 0 Å². The maximum Gasteiger partial charge on any atom is 0.243 e. The maximum absolute atomic E-state index is 12.3. The second-order valence-corrected chi connectivity index (χ2v) is 6.74. The van der Waals surface area contributed by atoms with Gasteiger partial charge in [0.25, 0.3) is 0 Å². The van der Waals surface area contributed by atoms with Crippen molar-refractivity contribution in [3.8, 4) is 0 Å². The van der Waals surface area contributed by atoms with Gasteiger partial charge in [-0.3, -0.25) is 9.59 Å². The number of anilines is 1. The molecule has 1 aromatic carbocycles. The number of hydrazone groups is 1. The number of amides is 2. The molecule has 0 radical (unpaired) electrons. The standard InChI is InChI=1S/C18H21N3O2/c1-3-10-11(4-2)17(22)19-15-6-5-9(7-12(10)15)16-13-8-14(13)18(23)21-20-16/h5-7,10-11,13-14H,3-4,8H2,1-2H3,(H,19,22)(H,21,23). The highest BCUT2D eigenvalue weighted by Gasteiger charge is 2.49. The summed E-state index contributed by atoms with van der Waals surface area (Å²) in [6, 6.07) is 6.15. The predicted molar refractivity (Wildman–Crippen MR) is 88.2 cm³/mol. The molecule has 5 nitrogen and oxygen atoms in total. The third-order valence-electron chi connectivity index (χ3n) is 5.47. The van der Waals surface area contributed by atoms with Crippen LogP contribution in [0.5, 0.6) is 0 Å². The van der Waals surface area contributed by atoms with Crippen LogP contribution in [0.4, 0.5) is 5.69 Å². The second-order valence-electron chi connectivity index (χ2n) is 6.74. The quantitative estimate of drug-likeness (QED) is 0.901. The van der Waals surface area contributed by atoms with E-state index >= 15 is 0 Å². The van der Waals surface area contributed by atoms with E-state index in [-0.39, 0.29) is 35.5 Å². The van der Waals surface area contributed by atoms with Crippen molar-refractivity contribution in [1.82, 2.24) is 5.43 Å². The van der Waals surface area contributed by atoms with Gasteiger partial charge in [-0.2, -0.15) is 5.10 Å². The highest BCUT2D eigenvalue weighted by Crippen LogP contribution is 2.45. The van der Waals surface area contributed by atoms with Gasteiger partial charge in [0.05, 0.1) is 5.71 Å². The molecule has 2 aliphatic heterocycles. The van der Waals surface area contributed by atoms with Gasteiger partial charge in [0.1, 0.15) is 0 Å². The molecule has 0 aromatic heterocycles. The first-order chi connectivity index (χ1) is 11.1. The first-order valence-electron chi connectivity index (χ1n) is 8.46. The lowest BCUT2D eigenvalue weighted by Crippen LogP contribution is -2.33. The van der Waals surface area contributed by atoms with Crippen LogP contribution in [0.2, 0.25) is 0 Å². The third kappa shape index (κ3) is 2.18. The van der Waals surface area contributed by atoms with Crippen LogP contribution in [0.25, 0.3) is 0 Å². The van der Waals surface area contributed by atoms with Crippen molar-refractivity contribution in [2.24, 2.45) is 22.9 Å². The molecule has 1 saturated carbocycles. The van der Waals surface area contributed by atoms with Gasteiger partial charge in [-0.05, 0) is 48.4 Å². The fraction of sp³-hybridized carbons (Fsp3) is 0.500. The summed E-state index contributed by atoms with van der Waals surface area (Å²) in [5, 5.41) is 7.32. The number of hydrogen-bond donors (Lipinski definition) is 2. The van der Waals surface area contributed by atoms with E-state index in [4.69, 9.17) is 0 Å². The fourth-order valence-electron chi connectivity index (χ4n) is 4.09. The summed E-state index contributed by atoms with van der Waals surface area (Å²) >= 11 is 0. The van der Waals surface area contributed by atoms with Crippen LogP contribution in [0.15, 0.2) is 23.3 Å². The summed E-state index contributed by atoms with van der Waals surface area (Å²) in [7, 11) is 0. The minimum absolute atomic E-state index is 0.0319. The lowest BCUT2D eigenvalue weighted by molar-refractivity contribution is -0.123. The van der Waals surface area contributed by atoms with E-state index in [0.717, 1.165) is 36.2 Å². The van der Waals surface area contributed by atoms with Gasteiger partial charge in [-0.1, -0.05) is 19.9 Å². The van der Waals surface area contributed by atoms with Crippen LogP contribution in [-0.2, 0) is 9.59 Å². The molecule has 4 rings (SSSR count). The number of hydrogen-bond acceptors (Lipinski definition) is 3. The summed E-state index contributed by atoms with van der Waals surface area (Å²) < 4.78 is 0. The van der Waals surface area contributed by atoms with Gasteiger partial charge in [0.15, 0.2) is 0 Å². The van der Waals surface area contributed by atoms with Gasteiger partial charge < -0.3 is 5.32 Å². The Kier molecular flexibility index (Phi) is 3.25. The van der Waals surface area contributed by atoms with Crippen molar-refractivity contribution in [3.05, 3.63) is 29.3 Å². The van der Waals surface area contributed by atoms with Crippen molar-refractivity contribution in [1.29, 1.82) is 0 Å². The zero-order valence-electron chi connectivity index (χ0n) is 13.4. The van der Waals surface area contributed by atoms with Gasteiger partial charge in [-0.15, -0.1) is 0 Å². The van der Waals surface area contributed by atoms with E-state index < -0.39 is 0 Å². The Balaban J connectivity index is 1.73. The third-order valence-corrected chi connectivity index (χ3v) is 5.47. The number of fused-ring (bicyclic) bond motifs is 2. The van der Waals surface area contributed by atoms with Crippen LogP contribution < -0.4 is 10.7 Å². The van der Waals surface area contributed by atoms with Crippen LogP contribution in [-0.4, -0.2) is 17.5 Å². The number of benzene rings is 1. The number of nitrogens with one attached hydrogen (secondary N) is 2. The second kappa shape index (κ2) is 5.18. The maximum atomic E-state index is 12.3. The highest BCUT2D eigenvalue weighted by atomic mass is 16.2. The van der Waals surface area contributed by atoms with Gasteiger partial charge in [0, 0.05) is 23.4 Å². The van der Waals surface area contributed by atoms with E-state index in [1.165, 1.54) is 5.56 Å². The average molecular weight is 311 g/mol. The molecule has 3 aliphatic rings. The number of carbonyl (C=O) groups excluding carboxylic acids is 2. The monoisotopic (exact) mass is 311 g/mol. The SMILES string of the molecule is CCC1C(=O)Nc2ccc(C3=NNC(=O)C4CC34)cc2C1CC. The van der Waals surface area contributed by atoms with Crippen LogP contribution >= 0.6 is 0 Å². The van der Waals surface area contributed by atoms with Crippen LogP contribution in [0, 0.1) is 17.8 Å². The van der Waals surface area contributed by atoms with E-state index in [1.54, 1.807) is 0 Å². The Morgan fingerprint density at radius 3 is 2.61 bits per heavy atom. The first kappa shape index (κ1) is 14.4. The zero-order chi connectivity index (χ0) is 16.1. The summed E-state index contributed by atoms with van der Waals surface area (Å²) in [6.07, 6.45) is 2.68. The number of nitrogens with zero attached hydrogens (tertiary/aromatic N) is 1. The molecule has 4 atom stereocenters. The number of rotatable bonds is 3. The predicted octanol–water partition coefficient (Wildman–Crippen LogP) is 2.63. The smallest absolute Gasteiger partial charge is 0.243 e. The summed E-state index contributed by atoms with van der Waals surface area (Å²) in [6.45, 7) is 4.20. The van der Waals surface area contributed by atoms with Gasteiger partial charge in [-0.25, -0.2) is 5.43 Å². The molecule has 0 spiro atoms. The molecule has 0 saturated heterocycles.